The Morgan fingerprint density at radius 3 is 2.71 bits per heavy atom. The lowest BCUT2D eigenvalue weighted by molar-refractivity contribution is 0.130. The van der Waals surface area contributed by atoms with Gasteiger partial charge in [-0.05, 0) is 42.5 Å². The normalized spacial score (nSPS) is 30.4. The fourth-order valence-electron chi connectivity index (χ4n) is 2.14. The Balaban J connectivity index is 2.34. The monoisotopic (exact) mass is 254 g/mol. The Bertz CT molecular complexity index is 341. The Hall–Kier alpha value is -0.340. The smallest absolute Gasteiger partial charge is 0.0929 e. The van der Waals surface area contributed by atoms with E-state index in [-0.39, 0.29) is 0 Å². The fourth-order valence-corrected chi connectivity index (χ4v) is 2.75. The van der Waals surface area contributed by atoms with E-state index in [1.54, 1.807) is 0 Å². The maximum Gasteiger partial charge on any atom is 0.0929 e. The van der Waals surface area contributed by atoms with Crippen molar-refractivity contribution in [2.75, 3.05) is 0 Å². The molecule has 0 aromatic heterocycles. The molecule has 2 heteroatoms. The van der Waals surface area contributed by atoms with Crippen LogP contribution < -0.4 is 0 Å². The Morgan fingerprint density at radius 1 is 1.50 bits per heavy atom. The molecule has 1 aliphatic carbocycles. The van der Waals surface area contributed by atoms with Gasteiger partial charge in [0.05, 0.1) is 5.60 Å². The van der Waals surface area contributed by atoms with Gasteiger partial charge in [-0.2, -0.15) is 0 Å². The molecule has 2 atom stereocenters. The molecular formula is C12H15BrO. The predicted molar refractivity (Wildman–Crippen MR) is 61.2 cm³/mol. The van der Waals surface area contributed by atoms with Gasteiger partial charge in [0, 0.05) is 4.47 Å². The summed E-state index contributed by atoms with van der Waals surface area (Å²) in [6, 6.07) is 6.18. The van der Waals surface area contributed by atoms with Crippen LogP contribution in [0.3, 0.4) is 0 Å². The Morgan fingerprint density at radius 2 is 2.21 bits per heavy atom. The molecule has 0 amide bonds. The van der Waals surface area contributed by atoms with Gasteiger partial charge in [-0.15, -0.1) is 0 Å². The molecule has 0 heterocycles. The van der Waals surface area contributed by atoms with Gasteiger partial charge in [-0.1, -0.05) is 35.3 Å². The predicted octanol–water partition coefficient (Wildman–Crippen LogP) is 3.38. The van der Waals surface area contributed by atoms with Crippen LogP contribution in [0.5, 0.6) is 0 Å². The fraction of sp³-hybridized carbons (Fsp3) is 0.500. The third kappa shape index (κ3) is 1.61. The minimum Gasteiger partial charge on any atom is -0.385 e. The van der Waals surface area contributed by atoms with Crippen LogP contribution in [0.15, 0.2) is 22.7 Å². The summed E-state index contributed by atoms with van der Waals surface area (Å²) >= 11 is 3.46. The van der Waals surface area contributed by atoms with E-state index in [4.69, 9.17) is 0 Å². The molecular weight excluding hydrogens is 240 g/mol. The van der Waals surface area contributed by atoms with Crippen LogP contribution in [-0.4, -0.2) is 5.11 Å². The average Bonchev–Trinajstić information content (AvgIpc) is 2.77. The first-order chi connectivity index (χ1) is 6.56. The van der Waals surface area contributed by atoms with E-state index in [1.165, 1.54) is 5.56 Å². The molecule has 1 aromatic carbocycles. The SMILES string of the molecule is CCC1CC1(O)c1cc(C)cc(Br)c1. The number of benzene rings is 1. The molecule has 1 aromatic rings. The van der Waals surface area contributed by atoms with Gasteiger partial charge < -0.3 is 5.11 Å². The van der Waals surface area contributed by atoms with Crippen molar-refractivity contribution >= 4 is 15.9 Å². The number of aliphatic hydroxyl groups is 1. The number of hydrogen-bond acceptors (Lipinski definition) is 1. The van der Waals surface area contributed by atoms with Gasteiger partial charge in [-0.3, -0.25) is 0 Å². The lowest BCUT2D eigenvalue weighted by Gasteiger charge is -2.11. The number of halogens is 1. The Labute approximate surface area is 93.3 Å². The summed E-state index contributed by atoms with van der Waals surface area (Å²) in [6.07, 6.45) is 1.97. The van der Waals surface area contributed by atoms with Crippen LogP contribution in [0, 0.1) is 12.8 Å². The van der Waals surface area contributed by atoms with Gasteiger partial charge >= 0.3 is 0 Å². The first-order valence-electron chi connectivity index (χ1n) is 5.06. The van der Waals surface area contributed by atoms with E-state index >= 15 is 0 Å². The lowest BCUT2D eigenvalue weighted by atomic mass is 10.0. The van der Waals surface area contributed by atoms with Crippen molar-refractivity contribution in [3.8, 4) is 0 Å². The highest BCUT2D eigenvalue weighted by Crippen LogP contribution is 2.54. The molecule has 1 nitrogen and oxygen atoms in total. The molecule has 1 N–H and O–H groups in total. The molecule has 2 unspecified atom stereocenters. The van der Waals surface area contributed by atoms with Crippen molar-refractivity contribution < 1.29 is 5.11 Å². The number of aryl methyl sites for hydroxylation is 1. The van der Waals surface area contributed by atoms with E-state index in [9.17, 15) is 5.11 Å². The second-order valence-corrected chi connectivity index (χ2v) is 5.17. The summed E-state index contributed by atoms with van der Waals surface area (Å²) in [5.74, 6) is 0.455. The van der Waals surface area contributed by atoms with Gasteiger partial charge in [0.2, 0.25) is 0 Å². The van der Waals surface area contributed by atoms with Crippen molar-refractivity contribution in [3.63, 3.8) is 0 Å². The van der Waals surface area contributed by atoms with Gasteiger partial charge in [0.1, 0.15) is 0 Å². The zero-order valence-electron chi connectivity index (χ0n) is 8.55. The van der Waals surface area contributed by atoms with E-state index in [0.29, 0.717) is 5.92 Å². The first kappa shape index (κ1) is 10.2. The molecule has 14 heavy (non-hydrogen) atoms. The van der Waals surface area contributed by atoms with Crippen molar-refractivity contribution in [2.24, 2.45) is 5.92 Å². The quantitative estimate of drug-likeness (QED) is 0.858. The molecule has 0 aliphatic heterocycles. The second kappa shape index (κ2) is 3.35. The molecule has 2 rings (SSSR count). The summed E-state index contributed by atoms with van der Waals surface area (Å²) in [7, 11) is 0. The molecule has 0 radical (unpaired) electrons. The summed E-state index contributed by atoms with van der Waals surface area (Å²) in [5.41, 5.74) is 1.73. The van der Waals surface area contributed by atoms with Crippen LogP contribution in [0.4, 0.5) is 0 Å². The van der Waals surface area contributed by atoms with Crippen LogP contribution in [0.2, 0.25) is 0 Å². The largest absolute Gasteiger partial charge is 0.385 e. The second-order valence-electron chi connectivity index (χ2n) is 4.25. The third-order valence-electron chi connectivity index (χ3n) is 3.11. The molecule has 1 aliphatic rings. The van der Waals surface area contributed by atoms with Gasteiger partial charge in [0.15, 0.2) is 0 Å². The van der Waals surface area contributed by atoms with Gasteiger partial charge in [-0.25, -0.2) is 0 Å². The highest BCUT2D eigenvalue weighted by Gasteiger charge is 2.52. The highest BCUT2D eigenvalue weighted by atomic mass is 79.9. The van der Waals surface area contributed by atoms with E-state index < -0.39 is 5.60 Å². The van der Waals surface area contributed by atoms with Crippen molar-refractivity contribution in [1.29, 1.82) is 0 Å². The minimum atomic E-state index is -0.538. The lowest BCUT2D eigenvalue weighted by Crippen LogP contribution is -2.08. The highest BCUT2D eigenvalue weighted by molar-refractivity contribution is 9.10. The van der Waals surface area contributed by atoms with Gasteiger partial charge in [0.25, 0.3) is 0 Å². The van der Waals surface area contributed by atoms with Crippen LogP contribution in [0.1, 0.15) is 30.9 Å². The molecule has 76 valence electrons. The molecule has 0 spiro atoms. The zero-order valence-corrected chi connectivity index (χ0v) is 10.1. The Kier molecular flexibility index (Phi) is 2.44. The van der Waals surface area contributed by atoms with E-state index in [2.05, 4.69) is 41.9 Å². The van der Waals surface area contributed by atoms with Crippen molar-refractivity contribution in [1.82, 2.24) is 0 Å². The molecule has 0 saturated heterocycles. The van der Waals surface area contributed by atoms with Crippen molar-refractivity contribution in [2.45, 2.75) is 32.3 Å². The first-order valence-corrected chi connectivity index (χ1v) is 5.85. The molecule has 0 bridgehead atoms. The summed E-state index contributed by atoms with van der Waals surface area (Å²) in [6.45, 7) is 4.19. The number of hydrogen-bond donors (Lipinski definition) is 1. The van der Waals surface area contributed by atoms with Crippen LogP contribution in [-0.2, 0) is 5.60 Å². The van der Waals surface area contributed by atoms with E-state index in [1.807, 2.05) is 6.07 Å². The molecule has 1 fully saturated rings. The third-order valence-corrected chi connectivity index (χ3v) is 3.57. The minimum absolute atomic E-state index is 0.455. The number of rotatable bonds is 2. The summed E-state index contributed by atoms with van der Waals surface area (Å²) < 4.78 is 1.06. The van der Waals surface area contributed by atoms with E-state index in [0.717, 1.165) is 22.9 Å². The van der Waals surface area contributed by atoms with Crippen molar-refractivity contribution in [3.05, 3.63) is 33.8 Å². The maximum absolute atomic E-state index is 10.3. The summed E-state index contributed by atoms with van der Waals surface area (Å²) in [4.78, 5) is 0. The average molecular weight is 255 g/mol. The van der Waals surface area contributed by atoms with Crippen LogP contribution in [0.25, 0.3) is 0 Å². The summed E-state index contributed by atoms with van der Waals surface area (Å²) in [5, 5.41) is 10.3. The topological polar surface area (TPSA) is 20.2 Å². The van der Waals surface area contributed by atoms with Crippen LogP contribution >= 0.6 is 15.9 Å². The standard InChI is InChI=1S/C12H15BrO/c1-3-9-7-12(9,14)10-4-8(2)5-11(13)6-10/h4-6,9,14H,3,7H2,1-2H3. The molecule has 1 saturated carbocycles. The zero-order chi connectivity index (χ0) is 10.3. The maximum atomic E-state index is 10.3.